The molecule has 2 aromatic heterocycles. The van der Waals surface area contributed by atoms with Gasteiger partial charge in [0.1, 0.15) is 11.3 Å². The lowest BCUT2D eigenvalue weighted by atomic mass is 9.79. The SMILES string of the molecule is Cc1nc2ccccn2c1C(=O)NC1CC(C)(C)NC(C)(C)C1. The zero-order valence-corrected chi connectivity index (χ0v) is 14.6. The average Bonchev–Trinajstić information content (AvgIpc) is 2.70. The van der Waals surface area contributed by atoms with Crippen LogP contribution in [0.25, 0.3) is 5.65 Å². The van der Waals surface area contributed by atoms with Crippen LogP contribution < -0.4 is 10.6 Å². The molecule has 2 aromatic rings. The van der Waals surface area contributed by atoms with Gasteiger partial charge in [-0.1, -0.05) is 6.07 Å². The van der Waals surface area contributed by atoms with Crippen molar-refractivity contribution in [3.63, 3.8) is 0 Å². The van der Waals surface area contributed by atoms with E-state index in [1.165, 1.54) is 0 Å². The molecule has 3 heterocycles. The molecule has 23 heavy (non-hydrogen) atoms. The molecule has 1 fully saturated rings. The summed E-state index contributed by atoms with van der Waals surface area (Å²) in [6, 6.07) is 5.92. The Hall–Kier alpha value is -1.88. The van der Waals surface area contributed by atoms with E-state index < -0.39 is 0 Å². The van der Waals surface area contributed by atoms with Crippen LogP contribution in [0.5, 0.6) is 0 Å². The van der Waals surface area contributed by atoms with Crippen LogP contribution in [0.1, 0.15) is 56.7 Å². The fourth-order valence-electron chi connectivity index (χ4n) is 4.07. The minimum absolute atomic E-state index is 0.00816. The Kier molecular flexibility index (Phi) is 3.71. The van der Waals surface area contributed by atoms with E-state index in [0.29, 0.717) is 5.69 Å². The standard InChI is InChI=1S/C18H26N4O/c1-12-15(22-9-7-6-8-14(22)19-12)16(23)20-13-10-17(2,3)21-18(4,5)11-13/h6-9,13,21H,10-11H2,1-5H3,(H,20,23). The number of aryl methyl sites for hydroxylation is 1. The molecule has 124 valence electrons. The van der Waals surface area contributed by atoms with Gasteiger partial charge in [0.2, 0.25) is 0 Å². The largest absolute Gasteiger partial charge is 0.348 e. The Morgan fingerprint density at radius 1 is 1.26 bits per heavy atom. The fraction of sp³-hybridized carbons (Fsp3) is 0.556. The summed E-state index contributed by atoms with van der Waals surface area (Å²) >= 11 is 0. The third kappa shape index (κ3) is 3.24. The van der Waals surface area contributed by atoms with Crippen molar-refractivity contribution >= 4 is 11.6 Å². The molecule has 5 heteroatoms. The van der Waals surface area contributed by atoms with Crippen LogP contribution in [0.3, 0.4) is 0 Å². The Morgan fingerprint density at radius 3 is 2.57 bits per heavy atom. The van der Waals surface area contributed by atoms with Crippen molar-refractivity contribution in [2.24, 2.45) is 0 Å². The van der Waals surface area contributed by atoms with Gasteiger partial charge in [0.15, 0.2) is 0 Å². The maximum atomic E-state index is 12.8. The van der Waals surface area contributed by atoms with Crippen LogP contribution in [-0.2, 0) is 0 Å². The number of fused-ring (bicyclic) bond motifs is 1. The number of hydrogen-bond donors (Lipinski definition) is 2. The predicted octanol–water partition coefficient (Wildman–Crippen LogP) is 2.68. The first kappa shape index (κ1) is 16.0. The van der Waals surface area contributed by atoms with Crippen molar-refractivity contribution in [1.29, 1.82) is 0 Å². The number of aromatic nitrogens is 2. The second-order valence-corrected chi connectivity index (χ2v) is 7.95. The monoisotopic (exact) mass is 314 g/mol. The molecule has 1 aliphatic rings. The third-order valence-electron chi connectivity index (χ3n) is 4.44. The highest BCUT2D eigenvalue weighted by molar-refractivity contribution is 5.94. The number of nitrogens with one attached hydrogen (secondary N) is 2. The number of hydrogen-bond acceptors (Lipinski definition) is 3. The van der Waals surface area contributed by atoms with Crippen LogP contribution in [0.2, 0.25) is 0 Å². The quantitative estimate of drug-likeness (QED) is 0.896. The normalized spacial score (nSPS) is 20.6. The number of rotatable bonds is 2. The van der Waals surface area contributed by atoms with Crippen LogP contribution >= 0.6 is 0 Å². The molecule has 1 aliphatic heterocycles. The molecule has 0 atom stereocenters. The van der Waals surface area contributed by atoms with E-state index in [-0.39, 0.29) is 23.0 Å². The third-order valence-corrected chi connectivity index (χ3v) is 4.44. The molecule has 1 amide bonds. The number of piperidine rings is 1. The lowest BCUT2D eigenvalue weighted by Gasteiger charge is -2.46. The number of pyridine rings is 1. The lowest BCUT2D eigenvalue weighted by Crippen LogP contribution is -2.62. The molecule has 0 aliphatic carbocycles. The minimum atomic E-state index is -0.0419. The molecule has 5 nitrogen and oxygen atoms in total. The molecule has 2 N–H and O–H groups in total. The summed E-state index contributed by atoms with van der Waals surface area (Å²) in [6.45, 7) is 10.6. The summed E-state index contributed by atoms with van der Waals surface area (Å²) in [5, 5.41) is 6.87. The molecular formula is C18H26N4O. The molecule has 0 spiro atoms. The fourth-order valence-corrected chi connectivity index (χ4v) is 4.07. The van der Waals surface area contributed by atoms with Crippen molar-refractivity contribution < 1.29 is 4.79 Å². The van der Waals surface area contributed by atoms with Crippen molar-refractivity contribution in [1.82, 2.24) is 20.0 Å². The van der Waals surface area contributed by atoms with Crippen LogP contribution in [-0.4, -0.2) is 32.4 Å². The molecule has 1 saturated heterocycles. The topological polar surface area (TPSA) is 58.4 Å². The number of imidazole rings is 1. The molecule has 0 aromatic carbocycles. The zero-order chi connectivity index (χ0) is 16.8. The molecule has 0 bridgehead atoms. The number of nitrogens with zero attached hydrogens (tertiary/aromatic N) is 2. The van der Waals surface area contributed by atoms with Crippen LogP contribution in [0, 0.1) is 6.92 Å². The summed E-state index contributed by atoms with van der Waals surface area (Å²) in [7, 11) is 0. The molecule has 3 rings (SSSR count). The van der Waals surface area contributed by atoms with Gasteiger partial charge in [0.25, 0.3) is 5.91 Å². The van der Waals surface area contributed by atoms with Crippen molar-refractivity contribution in [3.05, 3.63) is 35.8 Å². The van der Waals surface area contributed by atoms with E-state index in [1.807, 2.05) is 35.7 Å². The van der Waals surface area contributed by atoms with E-state index in [1.54, 1.807) is 0 Å². The van der Waals surface area contributed by atoms with Crippen LogP contribution in [0.15, 0.2) is 24.4 Å². The van der Waals surface area contributed by atoms with Gasteiger partial charge in [0, 0.05) is 23.3 Å². The zero-order valence-electron chi connectivity index (χ0n) is 14.6. The van der Waals surface area contributed by atoms with Gasteiger partial charge in [-0.2, -0.15) is 0 Å². The second kappa shape index (κ2) is 5.34. The molecule has 0 unspecified atom stereocenters. The Morgan fingerprint density at radius 2 is 1.91 bits per heavy atom. The molecular weight excluding hydrogens is 288 g/mol. The van der Waals surface area contributed by atoms with Gasteiger partial charge in [-0.3, -0.25) is 9.20 Å². The van der Waals surface area contributed by atoms with Gasteiger partial charge in [-0.25, -0.2) is 4.98 Å². The van der Waals surface area contributed by atoms with E-state index >= 15 is 0 Å². The Labute approximate surface area is 137 Å². The first-order chi connectivity index (χ1) is 10.7. The summed E-state index contributed by atoms with van der Waals surface area (Å²) in [5.74, 6) is -0.0419. The summed E-state index contributed by atoms with van der Waals surface area (Å²) in [5.41, 5.74) is 2.22. The summed E-state index contributed by atoms with van der Waals surface area (Å²) in [6.07, 6.45) is 3.72. The second-order valence-electron chi connectivity index (χ2n) is 7.95. The Bertz CT molecular complexity index is 729. The van der Waals surface area contributed by atoms with E-state index in [0.717, 1.165) is 24.2 Å². The minimum Gasteiger partial charge on any atom is -0.348 e. The van der Waals surface area contributed by atoms with E-state index in [4.69, 9.17) is 0 Å². The van der Waals surface area contributed by atoms with Gasteiger partial charge >= 0.3 is 0 Å². The van der Waals surface area contributed by atoms with Crippen molar-refractivity contribution in [2.75, 3.05) is 0 Å². The molecule has 0 saturated carbocycles. The number of amides is 1. The van der Waals surface area contributed by atoms with E-state index in [9.17, 15) is 4.79 Å². The summed E-state index contributed by atoms with van der Waals surface area (Å²) in [4.78, 5) is 17.3. The van der Waals surface area contributed by atoms with Crippen molar-refractivity contribution in [2.45, 2.75) is 64.6 Å². The van der Waals surface area contributed by atoms with Gasteiger partial charge in [0.05, 0.1) is 5.69 Å². The van der Waals surface area contributed by atoms with Crippen LogP contribution in [0.4, 0.5) is 0 Å². The Balaban J connectivity index is 1.85. The lowest BCUT2D eigenvalue weighted by molar-refractivity contribution is 0.0867. The van der Waals surface area contributed by atoms with Gasteiger partial charge < -0.3 is 10.6 Å². The first-order valence-electron chi connectivity index (χ1n) is 8.21. The highest BCUT2D eigenvalue weighted by Crippen LogP contribution is 2.28. The van der Waals surface area contributed by atoms with Gasteiger partial charge in [-0.15, -0.1) is 0 Å². The van der Waals surface area contributed by atoms with Gasteiger partial charge in [-0.05, 0) is 59.6 Å². The highest BCUT2D eigenvalue weighted by atomic mass is 16.2. The highest BCUT2D eigenvalue weighted by Gasteiger charge is 2.38. The maximum Gasteiger partial charge on any atom is 0.270 e. The van der Waals surface area contributed by atoms with Crippen molar-refractivity contribution in [3.8, 4) is 0 Å². The smallest absolute Gasteiger partial charge is 0.270 e. The maximum absolute atomic E-state index is 12.8. The number of carbonyl (C=O) groups excluding carboxylic acids is 1. The average molecular weight is 314 g/mol. The predicted molar refractivity (Wildman–Crippen MR) is 91.7 cm³/mol. The number of carbonyl (C=O) groups is 1. The van der Waals surface area contributed by atoms with E-state index in [2.05, 4.69) is 43.3 Å². The summed E-state index contributed by atoms with van der Waals surface area (Å²) < 4.78 is 1.86. The first-order valence-corrected chi connectivity index (χ1v) is 8.21. The molecule has 0 radical (unpaired) electrons.